The molecule has 10 heavy (non-hydrogen) atoms. The van der Waals surface area contributed by atoms with Gasteiger partial charge in [-0.2, -0.15) is 0 Å². The minimum atomic E-state index is -2.20. The normalized spacial score (nSPS) is 38.4. The minimum Gasteiger partial charge on any atom is -0.394 e. The van der Waals surface area contributed by atoms with Crippen molar-refractivity contribution in [3.63, 3.8) is 0 Å². The van der Waals surface area contributed by atoms with Gasteiger partial charge in [-0.15, -0.1) is 0 Å². The Hall–Kier alpha value is -0.200. The van der Waals surface area contributed by atoms with Crippen molar-refractivity contribution in [2.75, 3.05) is 13.2 Å². The number of rotatable bonds is 1. The molecule has 4 N–H and O–H groups in total. The van der Waals surface area contributed by atoms with Crippen LogP contribution in [0.4, 0.5) is 0 Å². The van der Waals surface area contributed by atoms with Crippen LogP contribution in [-0.4, -0.2) is 51.6 Å². The highest BCUT2D eigenvalue weighted by Gasteiger charge is 2.46. The largest absolute Gasteiger partial charge is 0.394 e. The van der Waals surface area contributed by atoms with Crippen LogP contribution in [0.5, 0.6) is 0 Å². The predicted molar refractivity (Wildman–Crippen MR) is 30.0 cm³/mol. The lowest BCUT2D eigenvalue weighted by Crippen LogP contribution is -2.44. The summed E-state index contributed by atoms with van der Waals surface area (Å²) in [6, 6.07) is 0. The van der Waals surface area contributed by atoms with Gasteiger partial charge >= 0.3 is 0 Å². The van der Waals surface area contributed by atoms with E-state index in [0.29, 0.717) is 0 Å². The molecule has 0 saturated carbocycles. The van der Waals surface area contributed by atoms with Gasteiger partial charge in [-0.1, -0.05) is 0 Å². The Morgan fingerprint density at radius 2 is 2.10 bits per heavy atom. The Morgan fingerprint density at radius 1 is 1.50 bits per heavy atom. The average molecular weight is 150 g/mol. The van der Waals surface area contributed by atoms with Crippen LogP contribution in [0.2, 0.25) is 0 Å². The molecular weight excluding hydrogens is 140 g/mol. The van der Waals surface area contributed by atoms with Gasteiger partial charge in [-0.05, 0) is 0 Å². The van der Waals surface area contributed by atoms with E-state index in [2.05, 4.69) is 4.74 Å². The first-order valence-corrected chi connectivity index (χ1v) is 2.93. The van der Waals surface area contributed by atoms with E-state index in [1.54, 1.807) is 0 Å². The fourth-order valence-corrected chi connectivity index (χ4v) is 0.856. The highest BCUT2D eigenvalue weighted by molar-refractivity contribution is 4.88. The monoisotopic (exact) mass is 150 g/mol. The van der Waals surface area contributed by atoms with Gasteiger partial charge in [0.1, 0.15) is 18.8 Å². The van der Waals surface area contributed by atoms with E-state index in [1.165, 1.54) is 0 Å². The Balaban J connectivity index is 2.58. The summed E-state index contributed by atoms with van der Waals surface area (Å²) >= 11 is 0. The first-order chi connectivity index (χ1) is 4.58. The molecule has 0 bridgehead atoms. The second-order valence-corrected chi connectivity index (χ2v) is 2.36. The van der Waals surface area contributed by atoms with Crippen molar-refractivity contribution >= 4 is 0 Å². The van der Waals surface area contributed by atoms with E-state index in [1.807, 2.05) is 0 Å². The van der Waals surface area contributed by atoms with Gasteiger partial charge in [0.05, 0.1) is 6.61 Å². The smallest absolute Gasteiger partial charge is 0.216 e. The molecule has 1 heterocycles. The summed E-state index contributed by atoms with van der Waals surface area (Å²) in [5.41, 5.74) is 0. The molecule has 0 aromatic heterocycles. The quantitative estimate of drug-likeness (QED) is 0.308. The molecule has 60 valence electrons. The minimum absolute atomic E-state index is 0.362. The van der Waals surface area contributed by atoms with Gasteiger partial charge in [0, 0.05) is 0 Å². The molecule has 2 atom stereocenters. The maximum absolute atomic E-state index is 8.93. The second-order valence-electron chi connectivity index (χ2n) is 2.36. The van der Waals surface area contributed by atoms with Crippen LogP contribution in [0.1, 0.15) is 0 Å². The van der Waals surface area contributed by atoms with Crippen LogP contribution in [0.15, 0.2) is 0 Å². The Morgan fingerprint density at radius 3 is 2.30 bits per heavy atom. The molecule has 0 radical (unpaired) electrons. The van der Waals surface area contributed by atoms with Crippen LogP contribution >= 0.6 is 0 Å². The van der Waals surface area contributed by atoms with Crippen molar-refractivity contribution < 1.29 is 25.2 Å². The van der Waals surface area contributed by atoms with E-state index < -0.39 is 24.6 Å². The number of hydrogen-bond acceptors (Lipinski definition) is 5. The molecule has 5 nitrogen and oxygen atoms in total. The number of aliphatic hydroxyl groups excluding tert-OH is 2. The van der Waals surface area contributed by atoms with Crippen LogP contribution < -0.4 is 0 Å². The highest BCUT2D eigenvalue weighted by atomic mass is 16.6. The molecule has 1 aliphatic rings. The topological polar surface area (TPSA) is 90.2 Å². The molecule has 0 aromatic carbocycles. The van der Waals surface area contributed by atoms with Crippen molar-refractivity contribution in [3.8, 4) is 0 Å². The lowest BCUT2D eigenvalue weighted by atomic mass is 10.1. The van der Waals surface area contributed by atoms with E-state index in [4.69, 9.17) is 20.4 Å². The number of hydrogen-bond donors (Lipinski definition) is 4. The zero-order valence-corrected chi connectivity index (χ0v) is 5.27. The van der Waals surface area contributed by atoms with Gasteiger partial charge in [-0.3, -0.25) is 0 Å². The Bertz CT molecular complexity index is 123. The molecule has 0 amide bonds. The molecular formula is C5H10O5. The molecule has 1 aliphatic heterocycles. The predicted octanol–water partition coefficient (Wildman–Crippen LogP) is -2.58. The Labute approximate surface area is 57.5 Å². The van der Waals surface area contributed by atoms with Gasteiger partial charge < -0.3 is 25.2 Å². The summed E-state index contributed by atoms with van der Waals surface area (Å²) in [4.78, 5) is 0. The summed E-state index contributed by atoms with van der Waals surface area (Å²) in [7, 11) is 0. The van der Waals surface area contributed by atoms with Crippen LogP contribution in [0, 0.1) is 0 Å². The van der Waals surface area contributed by atoms with Crippen molar-refractivity contribution in [2.24, 2.45) is 0 Å². The first kappa shape index (κ1) is 7.90. The van der Waals surface area contributed by atoms with Crippen molar-refractivity contribution in [3.05, 3.63) is 0 Å². The van der Waals surface area contributed by atoms with Crippen LogP contribution in [0.3, 0.4) is 0 Å². The highest BCUT2D eigenvalue weighted by Crippen LogP contribution is 2.21. The molecule has 0 aromatic rings. The van der Waals surface area contributed by atoms with E-state index >= 15 is 0 Å². The molecule has 1 fully saturated rings. The summed E-state index contributed by atoms with van der Waals surface area (Å²) in [6.45, 7) is -0.774. The third kappa shape index (κ3) is 1.14. The van der Waals surface area contributed by atoms with Gasteiger partial charge in [0.2, 0.25) is 5.79 Å². The van der Waals surface area contributed by atoms with Gasteiger partial charge in [0.25, 0.3) is 0 Å². The number of aliphatic hydroxyl groups is 4. The SMILES string of the molecule is OC[C@H]1OCC(O)(O)[C@@H]1O. The second kappa shape index (κ2) is 2.44. The fraction of sp³-hybridized carbons (Fsp3) is 1.00. The summed E-state index contributed by atoms with van der Waals surface area (Å²) in [6.07, 6.45) is -2.30. The standard InChI is InChI=1S/C5H10O5/c6-1-3-4(7)5(8,9)2-10-3/h3-4,6-9H,1-2H2/t3-,4-/m1/s1. The van der Waals surface area contributed by atoms with E-state index in [9.17, 15) is 0 Å². The van der Waals surface area contributed by atoms with Gasteiger partial charge in [-0.25, -0.2) is 0 Å². The lowest BCUT2D eigenvalue weighted by Gasteiger charge is -2.18. The summed E-state index contributed by atoms with van der Waals surface area (Å²) in [5, 5.41) is 35.1. The molecule has 0 aliphatic carbocycles. The first-order valence-electron chi connectivity index (χ1n) is 2.93. The average Bonchev–Trinajstić information content (AvgIpc) is 2.10. The summed E-state index contributed by atoms with van der Waals surface area (Å²) < 4.78 is 4.63. The molecule has 1 saturated heterocycles. The van der Waals surface area contributed by atoms with E-state index in [0.717, 1.165) is 0 Å². The number of ether oxygens (including phenoxy) is 1. The molecule has 1 rings (SSSR count). The maximum atomic E-state index is 8.93. The third-order valence-corrected chi connectivity index (χ3v) is 1.52. The van der Waals surface area contributed by atoms with Crippen LogP contribution in [-0.2, 0) is 4.74 Å². The lowest BCUT2D eigenvalue weighted by molar-refractivity contribution is -0.205. The molecule has 0 unspecified atom stereocenters. The van der Waals surface area contributed by atoms with Crippen molar-refractivity contribution in [2.45, 2.75) is 18.0 Å². The van der Waals surface area contributed by atoms with Crippen molar-refractivity contribution in [1.29, 1.82) is 0 Å². The summed E-state index contributed by atoms with van der Waals surface area (Å²) in [5.74, 6) is -2.20. The third-order valence-electron chi connectivity index (χ3n) is 1.52. The molecule has 0 spiro atoms. The Kier molecular flexibility index (Phi) is 1.93. The zero-order chi connectivity index (χ0) is 7.78. The molecule has 5 heteroatoms. The zero-order valence-electron chi connectivity index (χ0n) is 5.27. The van der Waals surface area contributed by atoms with E-state index in [-0.39, 0.29) is 6.61 Å². The fourth-order valence-electron chi connectivity index (χ4n) is 0.856. The van der Waals surface area contributed by atoms with Crippen LogP contribution in [0.25, 0.3) is 0 Å². The maximum Gasteiger partial charge on any atom is 0.216 e. The van der Waals surface area contributed by atoms with Crippen molar-refractivity contribution in [1.82, 2.24) is 0 Å². The van der Waals surface area contributed by atoms with Gasteiger partial charge in [0.15, 0.2) is 0 Å².